The van der Waals surface area contributed by atoms with Crippen molar-refractivity contribution in [2.24, 2.45) is 0 Å². The highest BCUT2D eigenvalue weighted by Crippen LogP contribution is 2.39. The van der Waals surface area contributed by atoms with Crippen LogP contribution in [0.25, 0.3) is 11.1 Å². The van der Waals surface area contributed by atoms with Crippen LogP contribution in [0.15, 0.2) is 36.7 Å². The van der Waals surface area contributed by atoms with Gasteiger partial charge in [0, 0.05) is 67.4 Å². The van der Waals surface area contributed by atoms with E-state index in [0.29, 0.717) is 32.2 Å². The van der Waals surface area contributed by atoms with E-state index in [1.807, 2.05) is 14.0 Å². The second-order valence-corrected chi connectivity index (χ2v) is 10.7. The standard InChI is InChI=1S/C29H30F6N6O2/c1-15-12-40(7-6-39(15)3)22-9-21(31)24(17-10-36-29(37-11-17)41-13-16(2)43-23(32)14-41)25(33)26(22)38-28(42)19-5-4-18(30)8-20(19)27(34)35/h4-5,8-11,15-16,23,27H,6-7,12-14H2,1-3H3,(H,38,42)/t15-,16+,23-/m0/s1. The summed E-state index contributed by atoms with van der Waals surface area (Å²) in [5.74, 6) is -4.09. The molecular weight excluding hydrogens is 578 g/mol. The minimum absolute atomic E-state index is 0.00148. The molecule has 230 valence electrons. The number of carbonyl (C=O) groups excluding carboxylic acids is 1. The molecule has 1 amide bonds. The SMILES string of the molecule is C[C@@H]1CN(c2ncc(-c3c(F)cc(N4CCN(C)[C@@H](C)C4)c(NC(=O)c4ccc(F)cc4C(F)F)c3F)cn2)C[C@@H](F)O1. The number of hydrogen-bond donors (Lipinski definition) is 1. The summed E-state index contributed by atoms with van der Waals surface area (Å²) in [6, 6.07) is 3.32. The van der Waals surface area contributed by atoms with Crippen LogP contribution in [-0.4, -0.2) is 79.1 Å². The van der Waals surface area contributed by atoms with E-state index in [9.17, 15) is 22.4 Å². The first-order chi connectivity index (χ1) is 20.4. The molecule has 1 N–H and O–H groups in total. The van der Waals surface area contributed by atoms with Crippen molar-refractivity contribution in [3.8, 4) is 11.1 Å². The van der Waals surface area contributed by atoms with E-state index in [1.165, 1.54) is 12.4 Å². The largest absolute Gasteiger partial charge is 0.367 e. The topological polar surface area (TPSA) is 73.8 Å². The Morgan fingerprint density at radius 3 is 2.40 bits per heavy atom. The molecule has 0 radical (unpaired) electrons. The number of likely N-dealkylation sites (N-methyl/N-ethyl adjacent to an activating group) is 1. The smallest absolute Gasteiger partial charge is 0.264 e. The summed E-state index contributed by atoms with van der Waals surface area (Å²) >= 11 is 0. The molecule has 0 aliphatic carbocycles. The van der Waals surface area contributed by atoms with Crippen LogP contribution in [-0.2, 0) is 4.74 Å². The molecule has 1 aromatic heterocycles. The lowest BCUT2D eigenvalue weighted by atomic mass is 10.0. The molecule has 2 aliphatic heterocycles. The summed E-state index contributed by atoms with van der Waals surface area (Å²) in [4.78, 5) is 26.9. The molecular formula is C29H30F6N6O2. The summed E-state index contributed by atoms with van der Waals surface area (Å²) in [6.45, 7) is 5.09. The number of amides is 1. The normalized spacial score (nSPS) is 21.4. The highest BCUT2D eigenvalue weighted by molar-refractivity contribution is 6.07. The third kappa shape index (κ3) is 6.39. The summed E-state index contributed by atoms with van der Waals surface area (Å²) < 4.78 is 92.0. The maximum Gasteiger partial charge on any atom is 0.264 e. The van der Waals surface area contributed by atoms with Crippen molar-refractivity contribution in [1.82, 2.24) is 14.9 Å². The zero-order valence-electron chi connectivity index (χ0n) is 23.6. The Hall–Kier alpha value is -3.91. The second-order valence-electron chi connectivity index (χ2n) is 10.7. The average Bonchev–Trinajstić information content (AvgIpc) is 2.95. The van der Waals surface area contributed by atoms with Gasteiger partial charge in [-0.25, -0.2) is 36.3 Å². The van der Waals surface area contributed by atoms with E-state index >= 15 is 8.78 Å². The number of hydrogen-bond acceptors (Lipinski definition) is 7. The predicted octanol–water partition coefficient (Wildman–Crippen LogP) is 5.41. The highest BCUT2D eigenvalue weighted by atomic mass is 19.3. The molecule has 0 bridgehead atoms. The van der Waals surface area contributed by atoms with Gasteiger partial charge in [0.1, 0.15) is 17.3 Å². The number of rotatable bonds is 6. The van der Waals surface area contributed by atoms with Crippen molar-refractivity contribution in [1.29, 1.82) is 0 Å². The molecule has 2 aliphatic rings. The van der Waals surface area contributed by atoms with Gasteiger partial charge < -0.3 is 24.8 Å². The van der Waals surface area contributed by atoms with Crippen LogP contribution in [0, 0.1) is 17.5 Å². The van der Waals surface area contributed by atoms with Crippen LogP contribution in [0.1, 0.15) is 36.2 Å². The van der Waals surface area contributed by atoms with Gasteiger partial charge in [-0.2, -0.15) is 0 Å². The number of carbonyl (C=O) groups is 1. The monoisotopic (exact) mass is 608 g/mol. The van der Waals surface area contributed by atoms with Crippen LogP contribution >= 0.6 is 0 Å². The van der Waals surface area contributed by atoms with Gasteiger partial charge in [-0.15, -0.1) is 0 Å². The lowest BCUT2D eigenvalue weighted by molar-refractivity contribution is -0.0884. The van der Waals surface area contributed by atoms with E-state index in [-0.39, 0.29) is 29.8 Å². The first-order valence-corrected chi connectivity index (χ1v) is 13.7. The summed E-state index contributed by atoms with van der Waals surface area (Å²) in [7, 11) is 1.91. The molecule has 2 aromatic carbocycles. The van der Waals surface area contributed by atoms with E-state index in [4.69, 9.17) is 4.74 Å². The van der Waals surface area contributed by atoms with E-state index in [0.717, 1.165) is 18.2 Å². The molecule has 0 saturated carbocycles. The Morgan fingerprint density at radius 1 is 1.02 bits per heavy atom. The van der Waals surface area contributed by atoms with Gasteiger partial charge in [-0.05, 0) is 39.1 Å². The molecule has 0 unspecified atom stereocenters. The summed E-state index contributed by atoms with van der Waals surface area (Å²) in [6.07, 6.45) is -2.81. The van der Waals surface area contributed by atoms with Gasteiger partial charge in [0.05, 0.1) is 23.9 Å². The van der Waals surface area contributed by atoms with Crippen molar-refractivity contribution in [2.75, 3.05) is 54.9 Å². The molecule has 2 fully saturated rings. The fraction of sp³-hybridized carbons (Fsp3) is 0.414. The van der Waals surface area contributed by atoms with Crippen molar-refractivity contribution >= 4 is 23.2 Å². The van der Waals surface area contributed by atoms with Gasteiger partial charge >= 0.3 is 0 Å². The molecule has 3 heterocycles. The molecule has 8 nitrogen and oxygen atoms in total. The number of aromatic nitrogens is 2. The zero-order chi connectivity index (χ0) is 31.0. The number of benzene rings is 2. The number of nitrogens with zero attached hydrogens (tertiary/aromatic N) is 5. The number of ether oxygens (including phenoxy) is 1. The maximum atomic E-state index is 16.3. The molecule has 2 saturated heterocycles. The molecule has 3 atom stereocenters. The third-order valence-corrected chi connectivity index (χ3v) is 7.66. The quantitative estimate of drug-likeness (QED) is 0.375. The number of anilines is 3. The Bertz CT molecular complexity index is 1480. The van der Waals surface area contributed by atoms with E-state index in [1.54, 1.807) is 16.7 Å². The Labute approximate surface area is 244 Å². The molecule has 14 heteroatoms. The lowest BCUT2D eigenvalue weighted by Crippen LogP contribution is -2.50. The Morgan fingerprint density at radius 2 is 1.74 bits per heavy atom. The lowest BCUT2D eigenvalue weighted by Gasteiger charge is -2.39. The van der Waals surface area contributed by atoms with Gasteiger partial charge in [-0.1, -0.05) is 0 Å². The third-order valence-electron chi connectivity index (χ3n) is 7.66. The maximum absolute atomic E-state index is 16.3. The number of piperazine rings is 1. The van der Waals surface area contributed by atoms with Crippen LogP contribution in [0.4, 0.5) is 43.7 Å². The Balaban J connectivity index is 1.55. The molecule has 43 heavy (non-hydrogen) atoms. The number of morpholine rings is 1. The van der Waals surface area contributed by atoms with Crippen LogP contribution in [0.3, 0.4) is 0 Å². The van der Waals surface area contributed by atoms with Crippen molar-refractivity contribution < 1.29 is 35.9 Å². The molecule has 5 rings (SSSR count). The molecule has 0 spiro atoms. The first-order valence-electron chi connectivity index (χ1n) is 13.7. The predicted molar refractivity (Wildman–Crippen MR) is 149 cm³/mol. The van der Waals surface area contributed by atoms with Crippen molar-refractivity contribution in [2.45, 2.75) is 38.8 Å². The summed E-state index contributed by atoms with van der Waals surface area (Å²) in [5.41, 5.74) is -2.47. The Kier molecular flexibility index (Phi) is 8.79. The fourth-order valence-corrected chi connectivity index (χ4v) is 5.28. The van der Waals surface area contributed by atoms with Crippen LogP contribution < -0.4 is 15.1 Å². The van der Waals surface area contributed by atoms with Gasteiger partial charge in [0.15, 0.2) is 5.82 Å². The number of nitrogens with one attached hydrogen (secondary N) is 1. The number of halogens is 6. The average molecular weight is 609 g/mol. The van der Waals surface area contributed by atoms with E-state index in [2.05, 4.69) is 20.2 Å². The van der Waals surface area contributed by atoms with Crippen molar-refractivity contribution in [3.05, 3.63) is 65.2 Å². The van der Waals surface area contributed by atoms with Gasteiger partial charge in [-0.3, -0.25) is 4.79 Å². The first kappa shape index (κ1) is 30.5. The summed E-state index contributed by atoms with van der Waals surface area (Å²) in [5, 5.41) is 2.35. The minimum Gasteiger partial charge on any atom is -0.367 e. The fourth-order valence-electron chi connectivity index (χ4n) is 5.28. The van der Waals surface area contributed by atoms with Gasteiger partial charge in [0.25, 0.3) is 12.3 Å². The number of alkyl halides is 3. The van der Waals surface area contributed by atoms with Crippen molar-refractivity contribution in [3.63, 3.8) is 0 Å². The molecule has 3 aromatic rings. The van der Waals surface area contributed by atoms with Gasteiger partial charge in [0.2, 0.25) is 12.3 Å². The zero-order valence-corrected chi connectivity index (χ0v) is 23.6. The van der Waals surface area contributed by atoms with Crippen LogP contribution in [0.5, 0.6) is 0 Å². The highest BCUT2D eigenvalue weighted by Gasteiger charge is 2.31. The van der Waals surface area contributed by atoms with E-state index < -0.39 is 64.6 Å². The van der Waals surface area contributed by atoms with Crippen LogP contribution in [0.2, 0.25) is 0 Å². The minimum atomic E-state index is -3.18. The second kappa shape index (κ2) is 12.4.